The van der Waals surface area contributed by atoms with E-state index in [0.717, 1.165) is 37.3 Å². The SMILES string of the molecule is O=C(NCCCc1nnc2ccccn12)NC[C@@H]1C[C@@H]1c1ccccc1. The first-order chi connectivity index (χ1) is 12.8. The van der Waals surface area contributed by atoms with Crippen LogP contribution >= 0.6 is 0 Å². The van der Waals surface area contributed by atoms with Crippen molar-refractivity contribution in [1.82, 2.24) is 25.2 Å². The van der Waals surface area contributed by atoms with E-state index in [4.69, 9.17) is 0 Å². The molecular formula is C20H23N5O. The lowest BCUT2D eigenvalue weighted by Crippen LogP contribution is -2.37. The zero-order valence-corrected chi connectivity index (χ0v) is 14.6. The van der Waals surface area contributed by atoms with E-state index in [-0.39, 0.29) is 6.03 Å². The van der Waals surface area contributed by atoms with E-state index in [9.17, 15) is 4.79 Å². The van der Waals surface area contributed by atoms with Crippen LogP contribution < -0.4 is 10.6 Å². The number of urea groups is 1. The predicted octanol–water partition coefficient (Wildman–Crippen LogP) is 2.76. The summed E-state index contributed by atoms with van der Waals surface area (Å²) < 4.78 is 1.98. The molecule has 0 saturated heterocycles. The highest BCUT2D eigenvalue weighted by Gasteiger charge is 2.37. The van der Waals surface area contributed by atoms with Gasteiger partial charge in [0.15, 0.2) is 5.65 Å². The Morgan fingerprint density at radius 3 is 2.81 bits per heavy atom. The molecule has 0 radical (unpaired) electrons. The van der Waals surface area contributed by atoms with Gasteiger partial charge in [-0.1, -0.05) is 36.4 Å². The molecule has 2 N–H and O–H groups in total. The number of hydrogen-bond acceptors (Lipinski definition) is 3. The maximum atomic E-state index is 11.9. The van der Waals surface area contributed by atoms with Crippen LogP contribution in [0.15, 0.2) is 54.7 Å². The number of nitrogens with zero attached hydrogens (tertiary/aromatic N) is 3. The van der Waals surface area contributed by atoms with E-state index >= 15 is 0 Å². The van der Waals surface area contributed by atoms with Crippen molar-refractivity contribution in [2.24, 2.45) is 5.92 Å². The molecule has 0 spiro atoms. The minimum absolute atomic E-state index is 0.0881. The predicted molar refractivity (Wildman–Crippen MR) is 100.0 cm³/mol. The second-order valence-corrected chi connectivity index (χ2v) is 6.80. The van der Waals surface area contributed by atoms with Gasteiger partial charge in [0.1, 0.15) is 5.82 Å². The lowest BCUT2D eigenvalue weighted by Gasteiger charge is -2.07. The lowest BCUT2D eigenvalue weighted by atomic mass is 10.1. The highest BCUT2D eigenvalue weighted by Crippen LogP contribution is 2.46. The molecule has 2 heterocycles. The Morgan fingerprint density at radius 1 is 1.08 bits per heavy atom. The monoisotopic (exact) mass is 349 g/mol. The first-order valence-corrected chi connectivity index (χ1v) is 9.16. The summed E-state index contributed by atoms with van der Waals surface area (Å²) in [7, 11) is 0. The summed E-state index contributed by atoms with van der Waals surface area (Å²) in [5, 5.41) is 14.2. The minimum atomic E-state index is -0.0881. The average Bonchev–Trinajstić information content (AvgIpc) is 3.36. The van der Waals surface area contributed by atoms with E-state index < -0.39 is 0 Å². The Labute approximate surface area is 152 Å². The van der Waals surface area contributed by atoms with E-state index in [0.29, 0.717) is 18.4 Å². The van der Waals surface area contributed by atoms with E-state index in [1.807, 2.05) is 34.9 Å². The van der Waals surface area contributed by atoms with Gasteiger partial charge < -0.3 is 10.6 Å². The van der Waals surface area contributed by atoms with Crippen LogP contribution in [0, 0.1) is 5.92 Å². The molecule has 1 saturated carbocycles. The topological polar surface area (TPSA) is 71.3 Å². The number of benzene rings is 1. The molecule has 0 unspecified atom stereocenters. The zero-order valence-electron chi connectivity index (χ0n) is 14.6. The molecule has 26 heavy (non-hydrogen) atoms. The largest absolute Gasteiger partial charge is 0.338 e. The summed E-state index contributed by atoms with van der Waals surface area (Å²) in [5.74, 6) is 2.08. The van der Waals surface area contributed by atoms with Crippen LogP contribution in [0.1, 0.15) is 30.1 Å². The Bertz CT molecular complexity index is 876. The number of aromatic nitrogens is 3. The van der Waals surface area contributed by atoms with Crippen LogP contribution in [0.2, 0.25) is 0 Å². The molecule has 134 valence electrons. The number of rotatable bonds is 7. The fourth-order valence-electron chi connectivity index (χ4n) is 3.38. The van der Waals surface area contributed by atoms with E-state index in [1.54, 1.807) is 0 Å². The maximum Gasteiger partial charge on any atom is 0.314 e. The summed E-state index contributed by atoms with van der Waals surface area (Å²) in [5.41, 5.74) is 2.23. The quantitative estimate of drug-likeness (QED) is 0.644. The van der Waals surface area contributed by atoms with Crippen molar-refractivity contribution in [3.05, 3.63) is 66.1 Å². The first kappa shape index (κ1) is 16.6. The van der Waals surface area contributed by atoms with Crippen LogP contribution in [0.4, 0.5) is 4.79 Å². The lowest BCUT2D eigenvalue weighted by molar-refractivity contribution is 0.240. The number of aryl methyl sites for hydroxylation is 1. The molecular weight excluding hydrogens is 326 g/mol. The number of carbonyl (C=O) groups excluding carboxylic acids is 1. The highest BCUT2D eigenvalue weighted by molar-refractivity contribution is 5.73. The number of carbonyl (C=O) groups is 1. The van der Waals surface area contributed by atoms with Crippen molar-refractivity contribution < 1.29 is 4.79 Å². The molecule has 4 rings (SSSR count). The molecule has 1 fully saturated rings. The molecule has 2 aromatic heterocycles. The Morgan fingerprint density at radius 2 is 1.92 bits per heavy atom. The van der Waals surface area contributed by atoms with Crippen LogP contribution in [-0.2, 0) is 6.42 Å². The second kappa shape index (κ2) is 7.56. The first-order valence-electron chi connectivity index (χ1n) is 9.16. The molecule has 0 aliphatic heterocycles. The fraction of sp³-hybridized carbons (Fsp3) is 0.350. The molecule has 6 heteroatoms. The Kier molecular flexibility index (Phi) is 4.82. The van der Waals surface area contributed by atoms with Gasteiger partial charge in [0.25, 0.3) is 0 Å². The summed E-state index contributed by atoms with van der Waals surface area (Å²) in [6.07, 6.45) is 4.73. The number of amides is 2. The summed E-state index contributed by atoms with van der Waals surface area (Å²) in [6.45, 7) is 1.36. The summed E-state index contributed by atoms with van der Waals surface area (Å²) in [4.78, 5) is 11.9. The molecule has 0 bridgehead atoms. The fourth-order valence-corrected chi connectivity index (χ4v) is 3.38. The molecule has 1 aliphatic carbocycles. The zero-order chi connectivity index (χ0) is 17.8. The maximum absolute atomic E-state index is 11.9. The van der Waals surface area contributed by atoms with Crippen molar-refractivity contribution in [1.29, 1.82) is 0 Å². The van der Waals surface area contributed by atoms with Crippen molar-refractivity contribution in [3.63, 3.8) is 0 Å². The van der Waals surface area contributed by atoms with Crippen molar-refractivity contribution in [3.8, 4) is 0 Å². The van der Waals surface area contributed by atoms with Gasteiger partial charge in [-0.05, 0) is 42.4 Å². The van der Waals surface area contributed by atoms with E-state index in [1.165, 1.54) is 5.56 Å². The minimum Gasteiger partial charge on any atom is -0.338 e. The highest BCUT2D eigenvalue weighted by atomic mass is 16.2. The number of nitrogens with one attached hydrogen (secondary N) is 2. The molecule has 2 atom stereocenters. The molecule has 2 amide bonds. The van der Waals surface area contributed by atoms with Gasteiger partial charge in [-0.3, -0.25) is 4.40 Å². The number of fused-ring (bicyclic) bond motifs is 1. The van der Waals surface area contributed by atoms with Crippen molar-refractivity contribution >= 4 is 11.7 Å². The summed E-state index contributed by atoms with van der Waals surface area (Å²) in [6, 6.07) is 16.3. The average molecular weight is 349 g/mol. The van der Waals surface area contributed by atoms with Crippen molar-refractivity contribution in [2.75, 3.05) is 13.1 Å². The third-order valence-corrected chi connectivity index (χ3v) is 4.92. The third-order valence-electron chi connectivity index (χ3n) is 4.92. The number of hydrogen-bond donors (Lipinski definition) is 2. The number of pyridine rings is 1. The molecule has 6 nitrogen and oxygen atoms in total. The van der Waals surface area contributed by atoms with Gasteiger partial charge in [0.2, 0.25) is 0 Å². The van der Waals surface area contributed by atoms with Gasteiger partial charge in [0.05, 0.1) is 0 Å². The Balaban J connectivity index is 1.14. The Hall–Kier alpha value is -2.89. The standard InChI is InChI=1S/C20H23N5O/c26-20(22-14-16-13-17(16)15-7-2-1-3-8-15)21-11-6-10-19-24-23-18-9-4-5-12-25(18)19/h1-5,7-9,12,16-17H,6,10-11,13-14H2,(H2,21,22,26)/t16-,17+/m0/s1. The van der Waals surface area contributed by atoms with Crippen LogP contribution in [-0.4, -0.2) is 33.7 Å². The van der Waals surface area contributed by atoms with Crippen LogP contribution in [0.3, 0.4) is 0 Å². The third kappa shape index (κ3) is 3.85. The normalized spacial score (nSPS) is 18.6. The van der Waals surface area contributed by atoms with Crippen LogP contribution in [0.5, 0.6) is 0 Å². The van der Waals surface area contributed by atoms with Gasteiger partial charge in [-0.25, -0.2) is 4.79 Å². The second-order valence-electron chi connectivity index (χ2n) is 6.80. The van der Waals surface area contributed by atoms with Crippen LogP contribution in [0.25, 0.3) is 5.65 Å². The smallest absolute Gasteiger partial charge is 0.314 e. The van der Waals surface area contributed by atoms with Gasteiger partial charge in [-0.2, -0.15) is 0 Å². The van der Waals surface area contributed by atoms with Gasteiger partial charge >= 0.3 is 6.03 Å². The van der Waals surface area contributed by atoms with Crippen molar-refractivity contribution in [2.45, 2.75) is 25.2 Å². The van der Waals surface area contributed by atoms with Gasteiger partial charge in [-0.15, -0.1) is 10.2 Å². The summed E-state index contributed by atoms with van der Waals surface area (Å²) >= 11 is 0. The van der Waals surface area contributed by atoms with E-state index in [2.05, 4.69) is 45.1 Å². The van der Waals surface area contributed by atoms with Gasteiger partial charge in [0, 0.05) is 25.7 Å². The molecule has 1 aromatic carbocycles. The molecule has 1 aliphatic rings. The molecule has 3 aromatic rings.